The minimum atomic E-state index is -0.417. The van der Waals surface area contributed by atoms with Crippen LogP contribution in [0.3, 0.4) is 0 Å². The third-order valence-electron chi connectivity index (χ3n) is 4.54. The molecule has 2 aromatic carbocycles. The summed E-state index contributed by atoms with van der Waals surface area (Å²) >= 11 is 3.42. The fourth-order valence-electron chi connectivity index (χ4n) is 3.14. The van der Waals surface area contributed by atoms with Crippen molar-refractivity contribution >= 4 is 33.7 Å². The molecule has 27 heavy (non-hydrogen) atoms. The Morgan fingerprint density at radius 3 is 2.11 bits per heavy atom. The first kappa shape index (κ1) is 19.3. The van der Waals surface area contributed by atoms with Gasteiger partial charge in [0, 0.05) is 11.0 Å². The van der Waals surface area contributed by atoms with Gasteiger partial charge in [-0.2, -0.15) is 0 Å². The smallest absolute Gasteiger partial charge is 0.262 e. The predicted octanol–water partition coefficient (Wildman–Crippen LogP) is 3.43. The molecule has 0 radical (unpaired) electrons. The van der Waals surface area contributed by atoms with E-state index in [1.165, 1.54) is 5.56 Å². The van der Waals surface area contributed by atoms with Crippen molar-refractivity contribution in [3.8, 4) is 0 Å². The van der Waals surface area contributed by atoms with Crippen LogP contribution >= 0.6 is 15.9 Å². The Hall–Kier alpha value is -2.47. The topological polar surface area (TPSA) is 66.5 Å². The molecule has 5 nitrogen and oxygen atoms in total. The Bertz CT molecular complexity index is 856. The highest BCUT2D eigenvalue weighted by molar-refractivity contribution is 9.10. The van der Waals surface area contributed by atoms with Crippen LogP contribution in [0.15, 0.2) is 53.0 Å². The van der Waals surface area contributed by atoms with E-state index in [-0.39, 0.29) is 17.9 Å². The van der Waals surface area contributed by atoms with Gasteiger partial charge in [0.15, 0.2) is 0 Å². The summed E-state index contributed by atoms with van der Waals surface area (Å²) in [6, 6.07) is 14.7. The zero-order valence-corrected chi connectivity index (χ0v) is 16.9. The number of hydrogen-bond donors (Lipinski definition) is 1. The van der Waals surface area contributed by atoms with E-state index in [1.807, 2.05) is 24.3 Å². The summed E-state index contributed by atoms with van der Waals surface area (Å²) in [6.07, 6.45) is 0.799. The Kier molecular flexibility index (Phi) is 5.46. The van der Waals surface area contributed by atoms with Crippen LogP contribution in [-0.2, 0) is 11.2 Å². The van der Waals surface area contributed by atoms with Gasteiger partial charge < -0.3 is 5.32 Å². The quantitative estimate of drug-likeness (QED) is 0.716. The number of carbonyl (C=O) groups is 3. The van der Waals surface area contributed by atoms with Gasteiger partial charge in [0.2, 0.25) is 5.91 Å². The van der Waals surface area contributed by atoms with Crippen LogP contribution in [0.2, 0.25) is 0 Å². The number of halogens is 1. The maximum absolute atomic E-state index is 12.3. The fourth-order valence-corrected chi connectivity index (χ4v) is 3.40. The number of hydrogen-bond acceptors (Lipinski definition) is 3. The van der Waals surface area contributed by atoms with Crippen LogP contribution in [0.4, 0.5) is 0 Å². The van der Waals surface area contributed by atoms with Gasteiger partial charge in [-0.25, -0.2) is 0 Å². The van der Waals surface area contributed by atoms with Crippen LogP contribution in [0.1, 0.15) is 40.1 Å². The van der Waals surface area contributed by atoms with Crippen LogP contribution in [-0.4, -0.2) is 35.7 Å². The maximum atomic E-state index is 12.3. The van der Waals surface area contributed by atoms with Crippen LogP contribution < -0.4 is 5.32 Å². The van der Waals surface area contributed by atoms with E-state index in [4.69, 9.17) is 0 Å². The van der Waals surface area contributed by atoms with Gasteiger partial charge in [0.05, 0.1) is 11.1 Å². The highest BCUT2D eigenvalue weighted by Gasteiger charge is 2.36. The van der Waals surface area contributed by atoms with Crippen molar-refractivity contribution in [3.05, 3.63) is 69.7 Å². The molecule has 1 aliphatic heterocycles. The predicted molar refractivity (Wildman–Crippen MR) is 106 cm³/mol. The average Bonchev–Trinajstić information content (AvgIpc) is 2.87. The van der Waals surface area contributed by atoms with E-state index >= 15 is 0 Å². The first-order valence-electron chi connectivity index (χ1n) is 8.73. The molecule has 3 rings (SSSR count). The SMILES string of the molecule is CC(C)(CNC(=O)CN1C(=O)c2ccccc2C1=O)Cc1ccc(Br)cc1. The molecule has 0 spiro atoms. The molecule has 2 aromatic rings. The lowest BCUT2D eigenvalue weighted by atomic mass is 9.85. The van der Waals surface area contributed by atoms with Gasteiger partial charge >= 0.3 is 0 Å². The molecule has 140 valence electrons. The molecule has 1 heterocycles. The third-order valence-corrected chi connectivity index (χ3v) is 5.07. The molecule has 0 saturated heterocycles. The van der Waals surface area contributed by atoms with Gasteiger partial charge in [0.1, 0.15) is 6.54 Å². The molecule has 0 bridgehead atoms. The number of imide groups is 1. The Labute approximate surface area is 166 Å². The van der Waals surface area contributed by atoms with Gasteiger partial charge in [-0.1, -0.05) is 54.0 Å². The van der Waals surface area contributed by atoms with Crippen molar-refractivity contribution in [1.29, 1.82) is 0 Å². The van der Waals surface area contributed by atoms with E-state index < -0.39 is 11.8 Å². The zero-order valence-electron chi connectivity index (χ0n) is 15.3. The second-order valence-electron chi connectivity index (χ2n) is 7.49. The zero-order chi connectivity index (χ0) is 19.6. The number of benzene rings is 2. The Morgan fingerprint density at radius 2 is 1.56 bits per heavy atom. The van der Waals surface area contributed by atoms with Gasteiger partial charge in [0.25, 0.3) is 11.8 Å². The molecular weight excluding hydrogens is 408 g/mol. The number of fused-ring (bicyclic) bond motifs is 1. The van der Waals surface area contributed by atoms with E-state index in [1.54, 1.807) is 24.3 Å². The lowest BCUT2D eigenvalue weighted by Crippen LogP contribution is -2.43. The lowest BCUT2D eigenvalue weighted by molar-refractivity contribution is -0.121. The standard InChI is InChI=1S/C21H21BrN2O3/c1-21(2,11-14-7-9-15(22)10-8-14)13-23-18(25)12-24-19(26)16-5-3-4-6-17(16)20(24)27/h3-10H,11-13H2,1-2H3,(H,23,25). The van der Waals surface area contributed by atoms with Gasteiger partial charge in [-0.05, 0) is 41.7 Å². The van der Waals surface area contributed by atoms with Crippen molar-refractivity contribution in [1.82, 2.24) is 10.2 Å². The molecule has 0 saturated carbocycles. The summed E-state index contributed by atoms with van der Waals surface area (Å²) in [6.45, 7) is 4.32. The maximum Gasteiger partial charge on any atom is 0.262 e. The molecule has 0 aromatic heterocycles. The van der Waals surface area contributed by atoms with E-state index in [2.05, 4.69) is 35.1 Å². The van der Waals surface area contributed by atoms with E-state index in [9.17, 15) is 14.4 Å². The molecule has 0 unspecified atom stereocenters. The van der Waals surface area contributed by atoms with E-state index in [0.717, 1.165) is 15.8 Å². The van der Waals surface area contributed by atoms with E-state index in [0.29, 0.717) is 17.7 Å². The highest BCUT2D eigenvalue weighted by atomic mass is 79.9. The largest absolute Gasteiger partial charge is 0.354 e. The molecule has 1 N–H and O–H groups in total. The Morgan fingerprint density at radius 1 is 1.00 bits per heavy atom. The molecule has 0 atom stereocenters. The highest BCUT2D eigenvalue weighted by Crippen LogP contribution is 2.23. The summed E-state index contributed by atoms with van der Waals surface area (Å²) < 4.78 is 1.03. The summed E-state index contributed by atoms with van der Waals surface area (Å²) in [4.78, 5) is 38.0. The summed E-state index contributed by atoms with van der Waals surface area (Å²) in [5.41, 5.74) is 1.72. The molecular formula is C21H21BrN2O3. The first-order valence-corrected chi connectivity index (χ1v) is 9.52. The average molecular weight is 429 g/mol. The Balaban J connectivity index is 1.56. The lowest BCUT2D eigenvalue weighted by Gasteiger charge is -2.25. The van der Waals surface area contributed by atoms with Crippen molar-refractivity contribution in [2.45, 2.75) is 20.3 Å². The number of amides is 3. The van der Waals surface area contributed by atoms with Crippen LogP contribution in [0.5, 0.6) is 0 Å². The van der Waals surface area contributed by atoms with Crippen LogP contribution in [0.25, 0.3) is 0 Å². The molecule has 0 fully saturated rings. The van der Waals surface area contributed by atoms with Crippen LogP contribution in [0, 0.1) is 5.41 Å². The molecule has 1 aliphatic rings. The first-order chi connectivity index (χ1) is 12.8. The normalized spacial score (nSPS) is 13.7. The number of nitrogens with zero attached hydrogens (tertiary/aromatic N) is 1. The van der Waals surface area contributed by atoms with Gasteiger partial charge in [-0.3, -0.25) is 19.3 Å². The van der Waals surface area contributed by atoms with Crippen molar-refractivity contribution < 1.29 is 14.4 Å². The second kappa shape index (κ2) is 7.64. The van der Waals surface area contributed by atoms with Crippen molar-refractivity contribution in [3.63, 3.8) is 0 Å². The van der Waals surface area contributed by atoms with Crippen molar-refractivity contribution in [2.75, 3.05) is 13.1 Å². The summed E-state index contributed by atoms with van der Waals surface area (Å²) in [5.74, 6) is -1.17. The monoisotopic (exact) mass is 428 g/mol. The summed E-state index contributed by atoms with van der Waals surface area (Å²) in [7, 11) is 0. The summed E-state index contributed by atoms with van der Waals surface area (Å²) in [5, 5.41) is 2.86. The number of nitrogens with one attached hydrogen (secondary N) is 1. The third kappa shape index (κ3) is 4.45. The molecule has 3 amide bonds. The minimum Gasteiger partial charge on any atom is -0.354 e. The fraction of sp³-hybridized carbons (Fsp3) is 0.286. The minimum absolute atomic E-state index is 0.161. The second-order valence-corrected chi connectivity index (χ2v) is 8.40. The van der Waals surface area contributed by atoms with Gasteiger partial charge in [-0.15, -0.1) is 0 Å². The molecule has 0 aliphatic carbocycles. The van der Waals surface area contributed by atoms with Crippen molar-refractivity contribution in [2.24, 2.45) is 5.41 Å². The number of rotatable bonds is 6. The number of carbonyl (C=O) groups excluding carboxylic acids is 3. The molecule has 6 heteroatoms.